The molecule has 2 aromatic rings. The second-order valence-electron chi connectivity index (χ2n) is 6.39. The van der Waals surface area contributed by atoms with Gasteiger partial charge < -0.3 is 16.4 Å². The van der Waals surface area contributed by atoms with Gasteiger partial charge in [0.1, 0.15) is 11.9 Å². The van der Waals surface area contributed by atoms with Crippen LogP contribution < -0.4 is 16.4 Å². The lowest BCUT2D eigenvalue weighted by atomic mass is 9.97. The van der Waals surface area contributed by atoms with E-state index in [9.17, 15) is 18.8 Å². The van der Waals surface area contributed by atoms with E-state index >= 15 is 0 Å². The van der Waals surface area contributed by atoms with Crippen molar-refractivity contribution in [1.82, 2.24) is 5.32 Å². The van der Waals surface area contributed by atoms with Crippen molar-refractivity contribution in [3.63, 3.8) is 0 Å². The Bertz CT molecular complexity index is 887. The van der Waals surface area contributed by atoms with Crippen LogP contribution in [0, 0.1) is 11.7 Å². The fourth-order valence-electron chi connectivity index (χ4n) is 2.54. The first-order valence-electron chi connectivity index (χ1n) is 8.69. The zero-order valence-corrected chi connectivity index (χ0v) is 16.2. The number of hydrogen-bond acceptors (Lipinski definition) is 3. The average Bonchev–Trinajstić information content (AvgIpc) is 2.67. The molecular formula is C20H21ClFN3O3. The van der Waals surface area contributed by atoms with Crippen molar-refractivity contribution < 1.29 is 18.8 Å². The van der Waals surface area contributed by atoms with E-state index in [2.05, 4.69) is 10.6 Å². The topological polar surface area (TPSA) is 101 Å². The predicted molar refractivity (Wildman–Crippen MR) is 106 cm³/mol. The summed E-state index contributed by atoms with van der Waals surface area (Å²) in [4.78, 5) is 36.5. The first-order chi connectivity index (χ1) is 13.2. The summed E-state index contributed by atoms with van der Waals surface area (Å²) in [5.74, 6) is -2.80. The maximum atomic E-state index is 13.6. The number of hydrogen-bond donors (Lipinski definition) is 3. The quantitative estimate of drug-likeness (QED) is 0.658. The number of halogens is 2. The number of amides is 3. The van der Waals surface area contributed by atoms with Crippen LogP contribution in [-0.2, 0) is 4.79 Å². The molecule has 0 aliphatic carbocycles. The highest BCUT2D eigenvalue weighted by Gasteiger charge is 2.26. The minimum Gasteiger partial charge on any atom is -0.366 e. The molecule has 0 aliphatic rings. The van der Waals surface area contributed by atoms with E-state index in [-0.39, 0.29) is 17.2 Å². The Morgan fingerprint density at radius 2 is 1.79 bits per heavy atom. The molecular weight excluding hydrogens is 385 g/mol. The molecule has 28 heavy (non-hydrogen) atoms. The van der Waals surface area contributed by atoms with E-state index in [1.807, 2.05) is 13.8 Å². The Labute approximate surface area is 167 Å². The summed E-state index contributed by atoms with van der Waals surface area (Å²) in [6.45, 7) is 3.72. The third-order valence-electron chi connectivity index (χ3n) is 4.39. The van der Waals surface area contributed by atoms with Crippen LogP contribution in [0.1, 0.15) is 41.0 Å². The molecule has 2 aromatic carbocycles. The second-order valence-corrected chi connectivity index (χ2v) is 6.83. The minimum atomic E-state index is -0.942. The van der Waals surface area contributed by atoms with Crippen LogP contribution in [0.3, 0.4) is 0 Å². The lowest BCUT2D eigenvalue weighted by Crippen LogP contribution is -2.47. The number of anilines is 1. The Hall–Kier alpha value is -2.93. The van der Waals surface area contributed by atoms with E-state index in [1.54, 1.807) is 24.3 Å². The van der Waals surface area contributed by atoms with Gasteiger partial charge in [-0.25, -0.2) is 4.39 Å². The van der Waals surface area contributed by atoms with E-state index in [0.717, 1.165) is 12.1 Å². The van der Waals surface area contributed by atoms with Crippen molar-refractivity contribution >= 4 is 35.0 Å². The van der Waals surface area contributed by atoms with Gasteiger partial charge >= 0.3 is 0 Å². The average molecular weight is 406 g/mol. The first kappa shape index (κ1) is 21.4. The van der Waals surface area contributed by atoms with Crippen LogP contribution >= 0.6 is 11.6 Å². The number of nitrogens with two attached hydrogens (primary N) is 1. The number of carbonyl (C=O) groups is 3. The zero-order chi connectivity index (χ0) is 20.8. The van der Waals surface area contributed by atoms with E-state index < -0.39 is 29.6 Å². The van der Waals surface area contributed by atoms with Crippen molar-refractivity contribution in [2.24, 2.45) is 11.7 Å². The van der Waals surface area contributed by atoms with Crippen LogP contribution in [0.5, 0.6) is 0 Å². The standard InChI is InChI=1S/C20H21ClFN3O3/c1-3-11(2)17(25-19(27)12-4-6-13(21)7-5-12)20(28)24-14-8-9-16(22)15(10-14)18(23)26/h4-11,17H,3H2,1-2H3,(H2,23,26)(H,24,28)(H,25,27). The second kappa shape index (κ2) is 9.32. The molecule has 0 aromatic heterocycles. The monoisotopic (exact) mass is 405 g/mol. The number of rotatable bonds is 7. The first-order valence-corrected chi connectivity index (χ1v) is 9.07. The maximum Gasteiger partial charge on any atom is 0.251 e. The Morgan fingerprint density at radius 1 is 1.14 bits per heavy atom. The van der Waals surface area contributed by atoms with Crippen LogP contribution in [0.4, 0.5) is 10.1 Å². The van der Waals surface area contributed by atoms with Crippen LogP contribution in [-0.4, -0.2) is 23.8 Å². The summed E-state index contributed by atoms with van der Waals surface area (Å²) >= 11 is 5.83. The number of primary amides is 1. The van der Waals surface area contributed by atoms with Crippen LogP contribution in [0.25, 0.3) is 0 Å². The minimum absolute atomic E-state index is 0.174. The van der Waals surface area contributed by atoms with Crippen molar-refractivity contribution in [3.8, 4) is 0 Å². The highest BCUT2D eigenvalue weighted by atomic mass is 35.5. The van der Waals surface area contributed by atoms with Crippen LogP contribution in [0.15, 0.2) is 42.5 Å². The van der Waals surface area contributed by atoms with Gasteiger partial charge in [0, 0.05) is 16.3 Å². The third-order valence-corrected chi connectivity index (χ3v) is 4.64. The summed E-state index contributed by atoms with van der Waals surface area (Å²) < 4.78 is 13.6. The molecule has 8 heteroatoms. The van der Waals surface area contributed by atoms with Gasteiger partial charge in [-0.3, -0.25) is 14.4 Å². The molecule has 2 unspecified atom stereocenters. The summed E-state index contributed by atoms with van der Waals surface area (Å²) in [7, 11) is 0. The molecule has 3 amide bonds. The highest BCUT2D eigenvalue weighted by molar-refractivity contribution is 6.30. The van der Waals surface area contributed by atoms with E-state index in [4.69, 9.17) is 17.3 Å². The molecule has 0 saturated heterocycles. The molecule has 6 nitrogen and oxygen atoms in total. The van der Waals surface area contributed by atoms with Gasteiger partial charge in [-0.1, -0.05) is 31.9 Å². The SMILES string of the molecule is CCC(C)C(NC(=O)c1ccc(Cl)cc1)C(=O)Nc1ccc(F)c(C(N)=O)c1. The molecule has 0 radical (unpaired) electrons. The van der Waals surface area contributed by atoms with Crippen molar-refractivity contribution in [2.75, 3.05) is 5.32 Å². The fourth-order valence-corrected chi connectivity index (χ4v) is 2.67. The number of nitrogens with one attached hydrogen (secondary N) is 2. The van der Waals surface area contributed by atoms with Gasteiger partial charge in [-0.15, -0.1) is 0 Å². The largest absolute Gasteiger partial charge is 0.366 e. The van der Waals surface area contributed by atoms with Gasteiger partial charge in [-0.2, -0.15) is 0 Å². The Morgan fingerprint density at radius 3 is 2.36 bits per heavy atom. The van der Waals surface area contributed by atoms with Gasteiger partial charge in [0.25, 0.3) is 11.8 Å². The molecule has 4 N–H and O–H groups in total. The Kier molecular flexibility index (Phi) is 7.12. The summed E-state index contributed by atoms with van der Waals surface area (Å²) in [6, 6.07) is 8.95. The smallest absolute Gasteiger partial charge is 0.251 e. The highest BCUT2D eigenvalue weighted by Crippen LogP contribution is 2.17. The van der Waals surface area contributed by atoms with Crippen LogP contribution in [0.2, 0.25) is 5.02 Å². The van der Waals surface area contributed by atoms with Gasteiger partial charge in [-0.05, 0) is 48.4 Å². The van der Waals surface area contributed by atoms with Gasteiger partial charge in [0.05, 0.1) is 5.56 Å². The molecule has 2 atom stereocenters. The molecule has 0 saturated carbocycles. The van der Waals surface area contributed by atoms with Gasteiger partial charge in [0.15, 0.2) is 0 Å². The molecule has 2 rings (SSSR count). The lowest BCUT2D eigenvalue weighted by Gasteiger charge is -2.23. The molecule has 0 heterocycles. The molecule has 0 spiro atoms. The molecule has 0 fully saturated rings. The van der Waals surface area contributed by atoms with Crippen molar-refractivity contribution in [2.45, 2.75) is 26.3 Å². The third kappa shape index (κ3) is 5.29. The zero-order valence-electron chi connectivity index (χ0n) is 15.5. The lowest BCUT2D eigenvalue weighted by molar-refractivity contribution is -0.119. The van der Waals surface area contributed by atoms with E-state index in [0.29, 0.717) is 17.0 Å². The number of carbonyl (C=O) groups excluding carboxylic acids is 3. The number of benzene rings is 2. The fraction of sp³-hybridized carbons (Fsp3) is 0.250. The molecule has 148 valence electrons. The molecule has 0 bridgehead atoms. The van der Waals surface area contributed by atoms with E-state index in [1.165, 1.54) is 6.07 Å². The Balaban J connectivity index is 2.19. The maximum absolute atomic E-state index is 13.6. The summed E-state index contributed by atoms with van der Waals surface area (Å²) in [6.07, 6.45) is 0.634. The van der Waals surface area contributed by atoms with Crippen molar-refractivity contribution in [1.29, 1.82) is 0 Å². The van der Waals surface area contributed by atoms with Crippen molar-refractivity contribution in [3.05, 3.63) is 64.4 Å². The normalized spacial score (nSPS) is 12.7. The summed E-state index contributed by atoms with van der Waals surface area (Å²) in [5.41, 5.74) is 5.36. The molecule has 0 aliphatic heterocycles. The predicted octanol–water partition coefficient (Wildman–Crippen LogP) is 3.36. The van der Waals surface area contributed by atoms with Gasteiger partial charge in [0.2, 0.25) is 5.91 Å². The summed E-state index contributed by atoms with van der Waals surface area (Å²) in [5, 5.41) is 5.80.